The van der Waals surface area contributed by atoms with Crippen molar-refractivity contribution in [2.75, 3.05) is 19.8 Å². The van der Waals surface area contributed by atoms with Crippen LogP contribution in [0.5, 0.6) is 0 Å². The lowest BCUT2D eigenvalue weighted by Gasteiger charge is -2.17. The molecule has 0 spiro atoms. The molecule has 0 rings (SSSR count). The molecule has 0 saturated heterocycles. The van der Waals surface area contributed by atoms with Crippen molar-refractivity contribution in [3.05, 3.63) is 12.7 Å². The first-order valence-electron chi connectivity index (χ1n) is 5.24. The maximum Gasteiger partial charge on any atom is 0.320 e. The Kier molecular flexibility index (Phi) is 7.95. The fourth-order valence-electron chi connectivity index (χ4n) is 1.16. The molecule has 0 saturated carbocycles. The average molecular weight is 215 g/mol. The van der Waals surface area contributed by atoms with Gasteiger partial charge in [-0.3, -0.25) is 4.79 Å². The molecular weight excluding hydrogens is 194 g/mol. The van der Waals surface area contributed by atoms with Crippen molar-refractivity contribution in [2.24, 2.45) is 5.92 Å². The monoisotopic (exact) mass is 215 g/mol. The van der Waals surface area contributed by atoms with Crippen LogP contribution in [0, 0.1) is 5.92 Å². The quantitative estimate of drug-likeness (QED) is 0.449. The summed E-state index contributed by atoms with van der Waals surface area (Å²) in [5, 5.41) is 11.8. The standard InChI is InChI=1S/C11H21NO3/c1-4-5-7-15-8-6-12-10(9(2)3)11(13)14/h4,9-10,12H,1,5-8H2,2-3H3,(H,13,14). The predicted octanol–water partition coefficient (Wildman–Crippen LogP) is 1.28. The summed E-state index contributed by atoms with van der Waals surface area (Å²) >= 11 is 0. The number of carbonyl (C=O) groups is 1. The minimum Gasteiger partial charge on any atom is -0.480 e. The van der Waals surface area contributed by atoms with Gasteiger partial charge in [-0.2, -0.15) is 0 Å². The molecule has 0 aliphatic heterocycles. The van der Waals surface area contributed by atoms with E-state index >= 15 is 0 Å². The second-order valence-corrected chi connectivity index (χ2v) is 3.70. The first-order chi connectivity index (χ1) is 7.09. The average Bonchev–Trinajstić information content (AvgIpc) is 2.15. The van der Waals surface area contributed by atoms with Gasteiger partial charge in [-0.1, -0.05) is 19.9 Å². The van der Waals surface area contributed by atoms with Crippen LogP contribution < -0.4 is 5.32 Å². The largest absolute Gasteiger partial charge is 0.480 e. The normalized spacial score (nSPS) is 12.7. The van der Waals surface area contributed by atoms with Gasteiger partial charge in [-0.25, -0.2) is 0 Å². The van der Waals surface area contributed by atoms with E-state index in [0.29, 0.717) is 19.8 Å². The van der Waals surface area contributed by atoms with E-state index in [2.05, 4.69) is 11.9 Å². The lowest BCUT2D eigenvalue weighted by atomic mass is 10.1. The number of hydrogen-bond acceptors (Lipinski definition) is 3. The van der Waals surface area contributed by atoms with Gasteiger partial charge < -0.3 is 15.2 Å². The molecule has 0 bridgehead atoms. The Labute approximate surface area is 91.3 Å². The molecule has 2 N–H and O–H groups in total. The summed E-state index contributed by atoms with van der Waals surface area (Å²) in [5.41, 5.74) is 0. The van der Waals surface area contributed by atoms with Crippen LogP contribution in [0.15, 0.2) is 12.7 Å². The third kappa shape index (κ3) is 7.11. The molecule has 0 aromatic heterocycles. The number of nitrogens with one attached hydrogen (secondary N) is 1. The topological polar surface area (TPSA) is 58.6 Å². The van der Waals surface area contributed by atoms with Crippen LogP contribution in [-0.4, -0.2) is 36.9 Å². The van der Waals surface area contributed by atoms with E-state index in [1.807, 2.05) is 13.8 Å². The Hall–Kier alpha value is -0.870. The van der Waals surface area contributed by atoms with Gasteiger partial charge in [-0.15, -0.1) is 6.58 Å². The molecule has 0 radical (unpaired) electrons. The van der Waals surface area contributed by atoms with Crippen molar-refractivity contribution in [1.29, 1.82) is 0 Å². The molecule has 1 unspecified atom stereocenters. The Morgan fingerprint density at radius 3 is 2.67 bits per heavy atom. The van der Waals surface area contributed by atoms with Crippen LogP contribution in [0.1, 0.15) is 20.3 Å². The summed E-state index contributed by atoms with van der Waals surface area (Å²) in [7, 11) is 0. The second kappa shape index (κ2) is 8.44. The molecule has 4 heteroatoms. The van der Waals surface area contributed by atoms with Crippen molar-refractivity contribution in [3.8, 4) is 0 Å². The van der Waals surface area contributed by atoms with Gasteiger partial charge >= 0.3 is 5.97 Å². The van der Waals surface area contributed by atoms with Crippen LogP contribution in [0.25, 0.3) is 0 Å². The number of carboxylic acid groups (broad SMARTS) is 1. The summed E-state index contributed by atoms with van der Waals surface area (Å²) in [4.78, 5) is 10.8. The van der Waals surface area contributed by atoms with E-state index in [9.17, 15) is 4.79 Å². The summed E-state index contributed by atoms with van der Waals surface area (Å²) in [6.45, 7) is 9.08. The Morgan fingerprint density at radius 2 is 2.20 bits per heavy atom. The van der Waals surface area contributed by atoms with Crippen LogP contribution >= 0.6 is 0 Å². The van der Waals surface area contributed by atoms with Crippen molar-refractivity contribution >= 4 is 5.97 Å². The highest BCUT2D eigenvalue weighted by atomic mass is 16.5. The Bertz CT molecular complexity index is 192. The molecule has 0 amide bonds. The van der Waals surface area contributed by atoms with Gasteiger partial charge in [0.05, 0.1) is 13.2 Å². The van der Waals surface area contributed by atoms with E-state index in [1.54, 1.807) is 6.08 Å². The molecule has 0 aliphatic carbocycles. The molecular formula is C11H21NO3. The molecule has 15 heavy (non-hydrogen) atoms. The van der Waals surface area contributed by atoms with Crippen molar-refractivity contribution in [3.63, 3.8) is 0 Å². The SMILES string of the molecule is C=CCCOCCNC(C(=O)O)C(C)C. The number of rotatable bonds is 9. The van der Waals surface area contributed by atoms with Gasteiger partial charge in [0.2, 0.25) is 0 Å². The van der Waals surface area contributed by atoms with E-state index in [1.165, 1.54) is 0 Å². The first-order valence-corrected chi connectivity index (χ1v) is 5.24. The molecule has 0 aliphatic rings. The molecule has 1 atom stereocenters. The molecule has 0 heterocycles. The zero-order valence-electron chi connectivity index (χ0n) is 9.53. The number of carboxylic acids is 1. The number of aliphatic carboxylic acids is 1. The summed E-state index contributed by atoms with van der Waals surface area (Å²) in [6.07, 6.45) is 2.62. The Morgan fingerprint density at radius 1 is 1.53 bits per heavy atom. The van der Waals surface area contributed by atoms with Crippen LogP contribution in [-0.2, 0) is 9.53 Å². The third-order valence-corrected chi connectivity index (χ3v) is 2.01. The van der Waals surface area contributed by atoms with Crippen molar-refractivity contribution in [1.82, 2.24) is 5.32 Å². The smallest absolute Gasteiger partial charge is 0.320 e. The highest BCUT2D eigenvalue weighted by molar-refractivity contribution is 5.73. The highest BCUT2D eigenvalue weighted by Crippen LogP contribution is 2.00. The predicted molar refractivity (Wildman–Crippen MR) is 59.9 cm³/mol. The fourth-order valence-corrected chi connectivity index (χ4v) is 1.16. The second-order valence-electron chi connectivity index (χ2n) is 3.70. The van der Waals surface area contributed by atoms with E-state index in [0.717, 1.165) is 6.42 Å². The van der Waals surface area contributed by atoms with Crippen LogP contribution in [0.4, 0.5) is 0 Å². The molecule has 88 valence electrons. The summed E-state index contributed by atoms with van der Waals surface area (Å²) in [6, 6.07) is -0.493. The van der Waals surface area contributed by atoms with Gasteiger partial charge in [-0.05, 0) is 12.3 Å². The van der Waals surface area contributed by atoms with Gasteiger partial charge in [0, 0.05) is 6.54 Å². The third-order valence-electron chi connectivity index (χ3n) is 2.01. The minimum absolute atomic E-state index is 0.0793. The van der Waals surface area contributed by atoms with E-state index in [-0.39, 0.29) is 5.92 Å². The maximum atomic E-state index is 10.8. The van der Waals surface area contributed by atoms with Crippen molar-refractivity contribution < 1.29 is 14.6 Å². The summed E-state index contributed by atoms with van der Waals surface area (Å²) < 4.78 is 5.26. The first kappa shape index (κ1) is 14.1. The molecule has 0 aromatic carbocycles. The zero-order chi connectivity index (χ0) is 11.7. The lowest BCUT2D eigenvalue weighted by Crippen LogP contribution is -2.42. The molecule has 4 nitrogen and oxygen atoms in total. The maximum absolute atomic E-state index is 10.8. The highest BCUT2D eigenvalue weighted by Gasteiger charge is 2.19. The zero-order valence-corrected chi connectivity index (χ0v) is 9.53. The van der Waals surface area contributed by atoms with Crippen LogP contribution in [0.3, 0.4) is 0 Å². The van der Waals surface area contributed by atoms with Crippen LogP contribution in [0.2, 0.25) is 0 Å². The van der Waals surface area contributed by atoms with E-state index < -0.39 is 12.0 Å². The van der Waals surface area contributed by atoms with Gasteiger partial charge in [0.15, 0.2) is 0 Å². The Balaban J connectivity index is 3.54. The number of hydrogen-bond donors (Lipinski definition) is 2. The molecule has 0 fully saturated rings. The number of ether oxygens (including phenoxy) is 1. The van der Waals surface area contributed by atoms with Gasteiger partial charge in [0.25, 0.3) is 0 Å². The van der Waals surface area contributed by atoms with E-state index in [4.69, 9.17) is 9.84 Å². The van der Waals surface area contributed by atoms with Crippen molar-refractivity contribution in [2.45, 2.75) is 26.3 Å². The lowest BCUT2D eigenvalue weighted by molar-refractivity contribution is -0.140. The van der Waals surface area contributed by atoms with Gasteiger partial charge in [0.1, 0.15) is 6.04 Å². The minimum atomic E-state index is -0.809. The fraction of sp³-hybridized carbons (Fsp3) is 0.727. The molecule has 0 aromatic rings. The summed E-state index contributed by atoms with van der Waals surface area (Å²) in [5.74, 6) is -0.730.